The van der Waals surface area contributed by atoms with Crippen LogP contribution in [-0.2, 0) is 17.8 Å². The minimum atomic E-state index is -0.0164. The van der Waals surface area contributed by atoms with Crippen LogP contribution in [-0.4, -0.2) is 29.1 Å². The number of aromatic nitrogens is 2. The van der Waals surface area contributed by atoms with E-state index in [1.165, 1.54) is 24.1 Å². The summed E-state index contributed by atoms with van der Waals surface area (Å²) in [5.41, 5.74) is 4.57. The fourth-order valence-electron chi connectivity index (χ4n) is 3.92. The summed E-state index contributed by atoms with van der Waals surface area (Å²) in [7, 11) is 0. The van der Waals surface area contributed by atoms with Crippen LogP contribution < -0.4 is 10.2 Å². The second-order valence-electron chi connectivity index (χ2n) is 8.39. The lowest BCUT2D eigenvalue weighted by atomic mass is 10.0. The average molecular weight is 419 g/mol. The molecule has 2 heterocycles. The lowest BCUT2D eigenvalue weighted by Gasteiger charge is -2.21. The molecule has 0 aliphatic carbocycles. The van der Waals surface area contributed by atoms with Crippen LogP contribution in [0.4, 0.5) is 5.69 Å². The fourth-order valence-corrected chi connectivity index (χ4v) is 3.92. The second kappa shape index (κ2) is 9.77. The monoisotopic (exact) mass is 418 g/mol. The van der Waals surface area contributed by atoms with Crippen LogP contribution in [0.5, 0.6) is 0 Å². The van der Waals surface area contributed by atoms with E-state index >= 15 is 0 Å². The Morgan fingerprint density at radius 3 is 2.58 bits per heavy atom. The van der Waals surface area contributed by atoms with E-state index in [1.54, 1.807) is 0 Å². The number of para-hydroxylation sites is 1. The molecule has 1 saturated heterocycles. The number of aryl methyl sites for hydroxylation is 1. The average Bonchev–Trinajstić information content (AvgIpc) is 3.49. The molecule has 0 radical (unpaired) electrons. The van der Waals surface area contributed by atoms with Crippen molar-refractivity contribution in [3.8, 4) is 11.4 Å². The first-order valence-electron chi connectivity index (χ1n) is 11.1. The Bertz CT molecular complexity index is 1000. The first-order chi connectivity index (χ1) is 15.1. The SMILES string of the molecule is CC(C)c1ccc(-c2noc(CCC(=O)NCc3ccccc3N3CCCC3)n2)cc1. The van der Waals surface area contributed by atoms with E-state index in [4.69, 9.17) is 4.52 Å². The first kappa shape index (κ1) is 21.1. The van der Waals surface area contributed by atoms with Crippen LogP contribution in [0.15, 0.2) is 53.1 Å². The Hall–Kier alpha value is -3.15. The van der Waals surface area contributed by atoms with Crippen LogP contribution in [0.1, 0.15) is 56.0 Å². The van der Waals surface area contributed by atoms with Gasteiger partial charge in [0.15, 0.2) is 0 Å². The summed E-state index contributed by atoms with van der Waals surface area (Å²) >= 11 is 0. The molecule has 0 saturated carbocycles. The van der Waals surface area contributed by atoms with Crippen molar-refractivity contribution in [2.75, 3.05) is 18.0 Å². The van der Waals surface area contributed by atoms with Gasteiger partial charge >= 0.3 is 0 Å². The molecular weight excluding hydrogens is 388 g/mol. The summed E-state index contributed by atoms with van der Waals surface area (Å²) < 4.78 is 5.35. The summed E-state index contributed by atoms with van der Waals surface area (Å²) in [5.74, 6) is 1.51. The summed E-state index contributed by atoms with van der Waals surface area (Å²) in [5, 5.41) is 7.10. The number of carbonyl (C=O) groups excluding carboxylic acids is 1. The van der Waals surface area contributed by atoms with Crippen LogP contribution in [0.3, 0.4) is 0 Å². The number of rotatable bonds is 8. The molecule has 0 spiro atoms. The molecule has 1 aliphatic rings. The van der Waals surface area contributed by atoms with Gasteiger partial charge in [0.25, 0.3) is 0 Å². The van der Waals surface area contributed by atoms with Gasteiger partial charge < -0.3 is 14.7 Å². The maximum Gasteiger partial charge on any atom is 0.227 e. The first-order valence-corrected chi connectivity index (χ1v) is 11.1. The predicted octanol–water partition coefficient (Wildman–Crippen LogP) is 4.71. The van der Waals surface area contributed by atoms with Gasteiger partial charge in [-0.25, -0.2) is 0 Å². The van der Waals surface area contributed by atoms with Gasteiger partial charge in [-0.2, -0.15) is 4.98 Å². The number of nitrogens with one attached hydrogen (secondary N) is 1. The second-order valence-corrected chi connectivity index (χ2v) is 8.39. The van der Waals surface area contributed by atoms with Crippen molar-refractivity contribution in [2.45, 2.75) is 52.0 Å². The molecule has 1 fully saturated rings. The summed E-state index contributed by atoms with van der Waals surface area (Å²) in [4.78, 5) is 19.2. The molecule has 1 amide bonds. The van der Waals surface area contributed by atoms with E-state index in [1.807, 2.05) is 18.2 Å². The number of amides is 1. The molecule has 1 aliphatic heterocycles. The lowest BCUT2D eigenvalue weighted by Crippen LogP contribution is -2.25. The van der Waals surface area contributed by atoms with Gasteiger partial charge in [-0.3, -0.25) is 4.79 Å². The third-order valence-corrected chi connectivity index (χ3v) is 5.78. The van der Waals surface area contributed by atoms with Crippen LogP contribution in [0.2, 0.25) is 0 Å². The highest BCUT2D eigenvalue weighted by molar-refractivity contribution is 5.76. The molecule has 1 N–H and O–H groups in total. The van der Waals surface area contributed by atoms with Crippen molar-refractivity contribution in [3.63, 3.8) is 0 Å². The van der Waals surface area contributed by atoms with Crippen molar-refractivity contribution in [1.29, 1.82) is 0 Å². The van der Waals surface area contributed by atoms with E-state index in [0.29, 0.717) is 37.0 Å². The fraction of sp³-hybridized carbons (Fsp3) is 0.400. The van der Waals surface area contributed by atoms with E-state index in [2.05, 4.69) is 64.5 Å². The van der Waals surface area contributed by atoms with Crippen molar-refractivity contribution in [2.24, 2.45) is 0 Å². The van der Waals surface area contributed by atoms with Crippen molar-refractivity contribution < 1.29 is 9.32 Å². The molecule has 0 bridgehead atoms. The minimum absolute atomic E-state index is 0.0164. The zero-order valence-corrected chi connectivity index (χ0v) is 18.3. The molecule has 0 atom stereocenters. The van der Waals surface area contributed by atoms with Crippen LogP contribution >= 0.6 is 0 Å². The van der Waals surface area contributed by atoms with Gasteiger partial charge in [0.1, 0.15) is 0 Å². The topological polar surface area (TPSA) is 71.3 Å². The Balaban J connectivity index is 1.29. The molecule has 4 rings (SSSR count). The molecular formula is C25H30N4O2. The van der Waals surface area contributed by atoms with Gasteiger partial charge in [-0.15, -0.1) is 0 Å². The Morgan fingerprint density at radius 2 is 1.84 bits per heavy atom. The number of anilines is 1. The van der Waals surface area contributed by atoms with Gasteiger partial charge in [-0.1, -0.05) is 61.5 Å². The third kappa shape index (κ3) is 5.32. The minimum Gasteiger partial charge on any atom is -0.371 e. The lowest BCUT2D eigenvalue weighted by molar-refractivity contribution is -0.121. The van der Waals surface area contributed by atoms with Gasteiger partial charge in [-0.05, 0) is 36.0 Å². The van der Waals surface area contributed by atoms with E-state index in [0.717, 1.165) is 24.2 Å². The summed E-state index contributed by atoms with van der Waals surface area (Å²) in [6.45, 7) is 7.03. The molecule has 6 nitrogen and oxygen atoms in total. The molecule has 2 aromatic carbocycles. The standard InChI is InChI=1S/C25H30N4O2/c1-18(2)19-9-11-20(12-10-19)25-27-24(31-28-25)14-13-23(30)26-17-21-7-3-4-8-22(21)29-15-5-6-16-29/h3-4,7-12,18H,5-6,13-17H2,1-2H3,(H,26,30). The van der Waals surface area contributed by atoms with Gasteiger partial charge in [0, 0.05) is 43.7 Å². The smallest absolute Gasteiger partial charge is 0.227 e. The largest absolute Gasteiger partial charge is 0.371 e. The normalized spacial score (nSPS) is 13.7. The van der Waals surface area contributed by atoms with Crippen molar-refractivity contribution in [1.82, 2.24) is 15.5 Å². The van der Waals surface area contributed by atoms with E-state index in [-0.39, 0.29) is 5.91 Å². The zero-order chi connectivity index (χ0) is 21.6. The molecule has 0 unspecified atom stereocenters. The maximum absolute atomic E-state index is 12.4. The van der Waals surface area contributed by atoms with E-state index < -0.39 is 0 Å². The van der Waals surface area contributed by atoms with Crippen LogP contribution in [0, 0.1) is 0 Å². The molecule has 162 valence electrons. The van der Waals surface area contributed by atoms with Gasteiger partial charge in [0.05, 0.1) is 0 Å². The van der Waals surface area contributed by atoms with Gasteiger partial charge in [0.2, 0.25) is 17.6 Å². The van der Waals surface area contributed by atoms with Crippen molar-refractivity contribution in [3.05, 3.63) is 65.5 Å². The number of hydrogen-bond acceptors (Lipinski definition) is 5. The molecule has 31 heavy (non-hydrogen) atoms. The Morgan fingerprint density at radius 1 is 1.10 bits per heavy atom. The number of benzene rings is 2. The quantitative estimate of drug-likeness (QED) is 0.574. The highest BCUT2D eigenvalue weighted by atomic mass is 16.5. The number of hydrogen-bond donors (Lipinski definition) is 1. The Kier molecular flexibility index (Phi) is 6.65. The number of nitrogens with zero attached hydrogens (tertiary/aromatic N) is 3. The van der Waals surface area contributed by atoms with Crippen molar-refractivity contribution >= 4 is 11.6 Å². The highest BCUT2D eigenvalue weighted by Crippen LogP contribution is 2.24. The maximum atomic E-state index is 12.4. The summed E-state index contributed by atoms with van der Waals surface area (Å²) in [6, 6.07) is 16.5. The molecule has 6 heteroatoms. The van der Waals surface area contributed by atoms with Crippen LogP contribution in [0.25, 0.3) is 11.4 Å². The zero-order valence-electron chi connectivity index (χ0n) is 18.3. The molecule has 3 aromatic rings. The highest BCUT2D eigenvalue weighted by Gasteiger charge is 2.16. The van der Waals surface area contributed by atoms with E-state index in [9.17, 15) is 4.79 Å². The predicted molar refractivity (Wildman–Crippen MR) is 122 cm³/mol. The third-order valence-electron chi connectivity index (χ3n) is 5.78. The molecule has 1 aromatic heterocycles. The number of carbonyl (C=O) groups is 1. The Labute approximate surface area is 183 Å². The summed E-state index contributed by atoms with van der Waals surface area (Å²) in [6.07, 6.45) is 3.21.